The number of hydrogen-bond acceptors (Lipinski definition) is 7. The highest BCUT2D eigenvalue weighted by molar-refractivity contribution is 7.99. The molecule has 0 saturated carbocycles. The zero-order chi connectivity index (χ0) is 17.9. The zero-order valence-corrected chi connectivity index (χ0v) is 15.8. The summed E-state index contributed by atoms with van der Waals surface area (Å²) in [6.07, 6.45) is 6.09. The largest absolute Gasteiger partial charge is 0.479 e. The molecular weight excluding hydrogens is 350 g/mol. The summed E-state index contributed by atoms with van der Waals surface area (Å²) < 4.78 is 7.40. The first-order valence-electron chi connectivity index (χ1n) is 8.84. The van der Waals surface area contributed by atoms with Gasteiger partial charge in [0.25, 0.3) is 0 Å². The van der Waals surface area contributed by atoms with E-state index in [1.807, 2.05) is 41.6 Å². The molecular formula is C18H23N5O2S. The third-order valence-corrected chi connectivity index (χ3v) is 5.84. The van der Waals surface area contributed by atoms with Crippen LogP contribution in [0.15, 0.2) is 29.6 Å². The minimum absolute atomic E-state index is 0.191. The Labute approximate surface area is 157 Å². The van der Waals surface area contributed by atoms with Crippen LogP contribution in [0.3, 0.4) is 0 Å². The number of pyridine rings is 1. The summed E-state index contributed by atoms with van der Waals surface area (Å²) in [4.78, 5) is 19.4. The fourth-order valence-corrected chi connectivity index (χ4v) is 4.49. The summed E-state index contributed by atoms with van der Waals surface area (Å²) >= 11 is 2.02. The monoisotopic (exact) mass is 373 g/mol. The van der Waals surface area contributed by atoms with E-state index in [4.69, 9.17) is 14.6 Å². The van der Waals surface area contributed by atoms with E-state index in [1.54, 1.807) is 13.4 Å². The minimum atomic E-state index is 0.191. The minimum Gasteiger partial charge on any atom is -0.479 e. The third-order valence-electron chi connectivity index (χ3n) is 4.79. The molecule has 0 aromatic carbocycles. The second kappa shape index (κ2) is 7.67. The molecule has 8 heteroatoms. The average molecular weight is 373 g/mol. The van der Waals surface area contributed by atoms with Crippen molar-refractivity contribution >= 4 is 17.6 Å². The summed E-state index contributed by atoms with van der Waals surface area (Å²) in [5.41, 5.74) is 5.43. The van der Waals surface area contributed by atoms with Crippen LogP contribution in [-0.2, 0) is 4.84 Å². The molecule has 1 atom stereocenters. The Kier molecular flexibility index (Phi) is 5.12. The molecule has 0 bridgehead atoms. The maximum Gasteiger partial charge on any atom is 0.238 e. The lowest BCUT2D eigenvalue weighted by molar-refractivity contribution is 0.0481. The molecule has 0 aliphatic carbocycles. The van der Waals surface area contributed by atoms with Gasteiger partial charge in [-0.3, -0.25) is 9.83 Å². The van der Waals surface area contributed by atoms with Crippen molar-refractivity contribution in [3.05, 3.63) is 36.0 Å². The van der Waals surface area contributed by atoms with Gasteiger partial charge in [-0.05, 0) is 49.3 Å². The van der Waals surface area contributed by atoms with Crippen LogP contribution in [0.2, 0.25) is 0 Å². The van der Waals surface area contributed by atoms with Gasteiger partial charge in [-0.2, -0.15) is 11.8 Å². The van der Waals surface area contributed by atoms with Gasteiger partial charge in [-0.25, -0.2) is 15.4 Å². The molecule has 7 nitrogen and oxygen atoms in total. The highest BCUT2D eigenvalue weighted by Gasteiger charge is 2.27. The van der Waals surface area contributed by atoms with Crippen molar-refractivity contribution in [2.24, 2.45) is 10.9 Å². The number of aryl methyl sites for hydroxylation is 1. The lowest BCUT2D eigenvalue weighted by atomic mass is 9.94. The van der Waals surface area contributed by atoms with Crippen LogP contribution in [0.4, 0.5) is 0 Å². The molecule has 2 aliphatic rings. The number of ether oxygens (including phenoxy) is 1. The van der Waals surface area contributed by atoms with Crippen molar-refractivity contribution in [3.63, 3.8) is 0 Å². The van der Waals surface area contributed by atoms with E-state index < -0.39 is 0 Å². The van der Waals surface area contributed by atoms with E-state index in [1.165, 1.54) is 24.3 Å². The molecule has 1 unspecified atom stereocenters. The highest BCUT2D eigenvalue weighted by atomic mass is 32.2. The van der Waals surface area contributed by atoms with Crippen LogP contribution < -0.4 is 10.2 Å². The predicted octanol–water partition coefficient (Wildman–Crippen LogP) is 2.38. The second-order valence-electron chi connectivity index (χ2n) is 6.56. The number of imidazole rings is 1. The Morgan fingerprint density at radius 1 is 1.31 bits per heavy atom. The van der Waals surface area contributed by atoms with E-state index >= 15 is 0 Å². The maximum absolute atomic E-state index is 5.61. The Hall–Kier alpha value is -2.06. The summed E-state index contributed by atoms with van der Waals surface area (Å²) in [7, 11) is 1.62. The van der Waals surface area contributed by atoms with Crippen LogP contribution in [-0.4, -0.2) is 51.6 Å². The van der Waals surface area contributed by atoms with Gasteiger partial charge in [-0.1, -0.05) is 0 Å². The summed E-state index contributed by atoms with van der Waals surface area (Å²) in [6.45, 7) is 2.56. The zero-order valence-electron chi connectivity index (χ0n) is 15.0. The molecule has 2 aromatic heterocycles. The van der Waals surface area contributed by atoms with Crippen LogP contribution in [0.25, 0.3) is 5.69 Å². The van der Waals surface area contributed by atoms with Crippen molar-refractivity contribution in [1.82, 2.24) is 20.0 Å². The lowest BCUT2D eigenvalue weighted by Gasteiger charge is -2.30. The smallest absolute Gasteiger partial charge is 0.238 e. The number of aromatic nitrogens is 3. The molecule has 1 saturated heterocycles. The molecule has 26 heavy (non-hydrogen) atoms. The Balaban J connectivity index is 1.61. The Morgan fingerprint density at radius 3 is 2.88 bits per heavy atom. The molecule has 138 valence electrons. The van der Waals surface area contributed by atoms with Crippen LogP contribution >= 0.6 is 11.8 Å². The molecule has 4 heterocycles. The number of rotatable bonds is 4. The number of methoxy groups -OCH3 is 1. The third kappa shape index (κ3) is 3.57. The van der Waals surface area contributed by atoms with Crippen LogP contribution in [0, 0.1) is 12.8 Å². The van der Waals surface area contributed by atoms with Crippen molar-refractivity contribution in [2.75, 3.05) is 25.2 Å². The standard InChI is InChI=1S/C18H23N5O2S/c1-12-9-23(11-19-12)16-4-3-14(21-18(16)24-2)17-20-15(10-25-22-17)13-5-7-26-8-6-13/h3-4,9,11,13,15H,5-8,10H2,1-2H3,(H,20,22). The molecule has 2 aromatic rings. The molecule has 2 aliphatic heterocycles. The molecule has 4 rings (SSSR count). The Morgan fingerprint density at radius 2 is 2.15 bits per heavy atom. The lowest BCUT2D eigenvalue weighted by Crippen LogP contribution is -2.40. The number of nitrogens with one attached hydrogen (secondary N) is 1. The van der Waals surface area contributed by atoms with Crippen LogP contribution in [0.5, 0.6) is 5.88 Å². The fraction of sp³-hybridized carbons (Fsp3) is 0.500. The van der Waals surface area contributed by atoms with Gasteiger partial charge in [0.05, 0.1) is 31.8 Å². The second-order valence-corrected chi connectivity index (χ2v) is 7.78. The van der Waals surface area contributed by atoms with E-state index in [0.717, 1.165) is 17.1 Å². The molecule has 1 N–H and O–H groups in total. The molecule has 0 amide bonds. The number of aliphatic imine (C=N–C) groups is 1. The number of thioether (sulfide) groups is 1. The molecule has 0 spiro atoms. The molecule has 1 fully saturated rings. The number of hydrogen-bond donors (Lipinski definition) is 1. The fourth-order valence-electron chi connectivity index (χ4n) is 3.35. The topological polar surface area (TPSA) is 73.6 Å². The van der Waals surface area contributed by atoms with E-state index in [0.29, 0.717) is 24.2 Å². The summed E-state index contributed by atoms with van der Waals surface area (Å²) in [5, 5.41) is 0. The van der Waals surface area contributed by atoms with Gasteiger partial charge in [0.1, 0.15) is 11.4 Å². The number of amidine groups is 1. The summed E-state index contributed by atoms with van der Waals surface area (Å²) in [5.74, 6) is 4.21. The van der Waals surface area contributed by atoms with Crippen LogP contribution in [0.1, 0.15) is 24.2 Å². The van der Waals surface area contributed by atoms with Gasteiger partial charge in [0.2, 0.25) is 5.88 Å². The SMILES string of the molecule is COc1nc(C2=NC(C3CCSCC3)CON2)ccc1-n1cnc(C)c1. The van der Waals surface area contributed by atoms with E-state index in [9.17, 15) is 0 Å². The van der Waals surface area contributed by atoms with Crippen molar-refractivity contribution in [2.45, 2.75) is 25.8 Å². The quantitative estimate of drug-likeness (QED) is 0.887. The van der Waals surface area contributed by atoms with E-state index in [-0.39, 0.29) is 6.04 Å². The number of nitrogens with zero attached hydrogens (tertiary/aromatic N) is 4. The average Bonchev–Trinajstić information content (AvgIpc) is 3.14. The van der Waals surface area contributed by atoms with Crippen molar-refractivity contribution in [3.8, 4) is 11.6 Å². The Bertz CT molecular complexity index is 801. The summed E-state index contributed by atoms with van der Waals surface area (Å²) in [6, 6.07) is 4.09. The van der Waals surface area contributed by atoms with Gasteiger partial charge >= 0.3 is 0 Å². The van der Waals surface area contributed by atoms with Gasteiger partial charge < -0.3 is 9.30 Å². The van der Waals surface area contributed by atoms with Gasteiger partial charge in [0, 0.05) is 6.20 Å². The highest BCUT2D eigenvalue weighted by Crippen LogP contribution is 2.28. The van der Waals surface area contributed by atoms with Crippen molar-refractivity contribution in [1.29, 1.82) is 0 Å². The van der Waals surface area contributed by atoms with Crippen molar-refractivity contribution < 1.29 is 9.57 Å². The first kappa shape index (κ1) is 17.4. The first-order chi connectivity index (χ1) is 12.7. The van der Waals surface area contributed by atoms with E-state index in [2.05, 4.69) is 15.4 Å². The van der Waals surface area contributed by atoms with Gasteiger partial charge in [0.15, 0.2) is 5.84 Å². The normalized spacial score (nSPS) is 21.2. The molecule has 0 radical (unpaired) electrons. The predicted molar refractivity (Wildman–Crippen MR) is 102 cm³/mol. The number of hydroxylamine groups is 1. The van der Waals surface area contributed by atoms with Gasteiger partial charge in [-0.15, -0.1) is 0 Å². The maximum atomic E-state index is 5.61. The first-order valence-corrected chi connectivity index (χ1v) is 10.00.